The van der Waals surface area contributed by atoms with Gasteiger partial charge >= 0.3 is 0 Å². The van der Waals surface area contributed by atoms with Gasteiger partial charge in [-0.3, -0.25) is 19.5 Å². The maximum atomic E-state index is 13.4. The highest BCUT2D eigenvalue weighted by Gasteiger charge is 2.45. The first-order chi connectivity index (χ1) is 13.8. The molecule has 29 heavy (non-hydrogen) atoms. The minimum Gasteiger partial charge on any atom is -0.335 e. The second-order valence-electron chi connectivity index (χ2n) is 8.16. The lowest BCUT2D eigenvalue weighted by atomic mass is 10.1. The Labute approximate surface area is 165 Å². The third kappa shape index (κ3) is 3.06. The fourth-order valence-electron chi connectivity index (χ4n) is 4.46. The number of H-pyrrole nitrogens is 1. The van der Waals surface area contributed by atoms with E-state index >= 15 is 0 Å². The SMILES string of the molecule is Cc1c(C(=O)N2CC(N3CCC(F)(F)C3)C2)cnn1-c1nc2c(c(=O)[nH]1)CCC2. The zero-order chi connectivity index (χ0) is 20.3. The van der Waals surface area contributed by atoms with Gasteiger partial charge in [0.1, 0.15) is 0 Å². The summed E-state index contributed by atoms with van der Waals surface area (Å²) in [4.78, 5) is 35.8. The molecule has 1 N–H and O–H groups in total. The second-order valence-corrected chi connectivity index (χ2v) is 8.16. The van der Waals surface area contributed by atoms with Gasteiger partial charge < -0.3 is 4.90 Å². The van der Waals surface area contributed by atoms with Crippen molar-refractivity contribution in [1.29, 1.82) is 0 Å². The Bertz CT molecular complexity index is 1040. The average molecular weight is 404 g/mol. The first kappa shape index (κ1) is 18.4. The molecule has 8 nitrogen and oxygen atoms in total. The summed E-state index contributed by atoms with van der Waals surface area (Å²) in [6, 6.07) is -0.0163. The van der Waals surface area contributed by atoms with Crippen LogP contribution >= 0.6 is 0 Å². The molecule has 1 amide bonds. The quantitative estimate of drug-likeness (QED) is 0.822. The number of carbonyl (C=O) groups excluding carboxylic acids is 1. The number of hydrogen-bond acceptors (Lipinski definition) is 5. The molecule has 1 aliphatic carbocycles. The third-order valence-electron chi connectivity index (χ3n) is 6.23. The minimum atomic E-state index is -2.62. The predicted octanol–water partition coefficient (Wildman–Crippen LogP) is 0.918. The summed E-state index contributed by atoms with van der Waals surface area (Å²) in [6.07, 6.45) is 3.77. The van der Waals surface area contributed by atoms with Gasteiger partial charge in [0, 0.05) is 37.7 Å². The van der Waals surface area contributed by atoms with Crippen LogP contribution < -0.4 is 5.56 Å². The molecular formula is C19H22F2N6O2. The standard InChI is InChI=1S/C19H22F2N6O2/c1-11-14(17(29)26-8-12(9-26)25-6-5-19(20,21)10-25)7-22-27(11)18-23-15-4-2-3-13(15)16(28)24-18/h7,12H,2-6,8-10H2,1H3,(H,23,24,28). The largest absolute Gasteiger partial charge is 0.335 e. The van der Waals surface area contributed by atoms with Crippen LogP contribution in [0.2, 0.25) is 0 Å². The number of halogens is 2. The first-order valence-electron chi connectivity index (χ1n) is 9.90. The molecule has 0 saturated carbocycles. The number of nitrogens with zero attached hydrogens (tertiary/aromatic N) is 5. The molecule has 3 aliphatic rings. The highest BCUT2D eigenvalue weighted by Crippen LogP contribution is 2.31. The second kappa shape index (κ2) is 6.45. The van der Waals surface area contributed by atoms with Gasteiger partial charge in [-0.2, -0.15) is 5.10 Å². The molecule has 2 saturated heterocycles. The van der Waals surface area contributed by atoms with Crippen LogP contribution in [0.25, 0.3) is 5.95 Å². The fourth-order valence-corrected chi connectivity index (χ4v) is 4.46. The summed E-state index contributed by atoms with van der Waals surface area (Å²) in [5, 5.41) is 4.26. The summed E-state index contributed by atoms with van der Waals surface area (Å²) in [5.74, 6) is -2.49. The Morgan fingerprint density at radius 3 is 2.83 bits per heavy atom. The first-order valence-corrected chi connectivity index (χ1v) is 9.90. The molecule has 0 radical (unpaired) electrons. The van der Waals surface area contributed by atoms with Gasteiger partial charge in [0.2, 0.25) is 5.95 Å². The number of aryl methyl sites for hydroxylation is 1. The van der Waals surface area contributed by atoms with E-state index in [4.69, 9.17) is 0 Å². The number of likely N-dealkylation sites (tertiary alicyclic amines) is 2. The zero-order valence-corrected chi connectivity index (χ0v) is 16.1. The number of aromatic nitrogens is 4. The summed E-state index contributed by atoms with van der Waals surface area (Å²) in [6.45, 7) is 2.77. The highest BCUT2D eigenvalue weighted by molar-refractivity contribution is 5.95. The van der Waals surface area contributed by atoms with Gasteiger partial charge in [-0.25, -0.2) is 18.4 Å². The van der Waals surface area contributed by atoms with E-state index in [9.17, 15) is 18.4 Å². The van der Waals surface area contributed by atoms with Crippen molar-refractivity contribution in [3.8, 4) is 5.95 Å². The fraction of sp³-hybridized carbons (Fsp3) is 0.579. The lowest BCUT2D eigenvalue weighted by Gasteiger charge is -2.43. The maximum absolute atomic E-state index is 13.4. The number of alkyl halides is 2. The molecule has 0 unspecified atom stereocenters. The van der Waals surface area contributed by atoms with E-state index < -0.39 is 5.92 Å². The van der Waals surface area contributed by atoms with Crippen LogP contribution in [-0.4, -0.2) is 73.6 Å². The number of amides is 1. The molecule has 2 aromatic heterocycles. The molecule has 0 bridgehead atoms. The van der Waals surface area contributed by atoms with Crippen molar-refractivity contribution in [1.82, 2.24) is 29.5 Å². The van der Waals surface area contributed by atoms with Crippen molar-refractivity contribution in [2.45, 2.75) is 44.6 Å². The summed E-state index contributed by atoms with van der Waals surface area (Å²) >= 11 is 0. The van der Waals surface area contributed by atoms with Crippen molar-refractivity contribution in [2.75, 3.05) is 26.2 Å². The van der Waals surface area contributed by atoms with E-state index in [0.717, 1.165) is 30.5 Å². The van der Waals surface area contributed by atoms with Crippen molar-refractivity contribution in [3.63, 3.8) is 0 Å². The monoisotopic (exact) mass is 404 g/mol. The highest BCUT2D eigenvalue weighted by atomic mass is 19.3. The molecule has 0 atom stereocenters. The molecule has 0 spiro atoms. The lowest BCUT2D eigenvalue weighted by Crippen LogP contribution is -2.60. The van der Waals surface area contributed by atoms with Crippen LogP contribution in [0, 0.1) is 6.92 Å². The van der Waals surface area contributed by atoms with Crippen molar-refractivity contribution in [3.05, 3.63) is 39.1 Å². The molecular weight excluding hydrogens is 382 g/mol. The van der Waals surface area contributed by atoms with Gasteiger partial charge in [0.15, 0.2) is 0 Å². The van der Waals surface area contributed by atoms with Gasteiger partial charge in [-0.15, -0.1) is 0 Å². The van der Waals surface area contributed by atoms with Crippen LogP contribution in [0.4, 0.5) is 8.78 Å². The predicted molar refractivity (Wildman–Crippen MR) is 99.6 cm³/mol. The van der Waals surface area contributed by atoms with Crippen molar-refractivity contribution in [2.24, 2.45) is 0 Å². The number of fused-ring (bicyclic) bond motifs is 1. The Hall–Kier alpha value is -2.62. The van der Waals surface area contributed by atoms with E-state index in [-0.39, 0.29) is 30.5 Å². The summed E-state index contributed by atoms with van der Waals surface area (Å²) in [7, 11) is 0. The van der Waals surface area contributed by atoms with Gasteiger partial charge in [-0.1, -0.05) is 0 Å². The summed E-state index contributed by atoms with van der Waals surface area (Å²) < 4.78 is 28.3. The van der Waals surface area contributed by atoms with Crippen LogP contribution in [0.15, 0.2) is 11.0 Å². The van der Waals surface area contributed by atoms with Crippen LogP contribution in [0.3, 0.4) is 0 Å². The van der Waals surface area contributed by atoms with Crippen LogP contribution in [0.5, 0.6) is 0 Å². The third-order valence-corrected chi connectivity index (χ3v) is 6.23. The van der Waals surface area contributed by atoms with E-state index in [1.165, 1.54) is 10.9 Å². The van der Waals surface area contributed by atoms with Gasteiger partial charge in [0.05, 0.1) is 29.7 Å². The molecule has 2 aromatic rings. The van der Waals surface area contributed by atoms with Crippen molar-refractivity contribution < 1.29 is 13.6 Å². The van der Waals surface area contributed by atoms with Crippen molar-refractivity contribution >= 4 is 5.91 Å². The van der Waals surface area contributed by atoms with Crippen LogP contribution in [-0.2, 0) is 12.8 Å². The smallest absolute Gasteiger partial charge is 0.261 e. The number of hydrogen-bond donors (Lipinski definition) is 1. The molecule has 2 fully saturated rings. The normalized spacial score (nSPS) is 21.4. The van der Waals surface area contributed by atoms with Crippen LogP contribution in [0.1, 0.15) is 40.2 Å². The molecule has 5 rings (SSSR count). The van der Waals surface area contributed by atoms with E-state index in [2.05, 4.69) is 15.1 Å². The molecule has 10 heteroatoms. The maximum Gasteiger partial charge on any atom is 0.261 e. The van der Waals surface area contributed by atoms with E-state index in [0.29, 0.717) is 36.8 Å². The number of rotatable bonds is 3. The molecule has 154 valence electrons. The lowest BCUT2D eigenvalue weighted by molar-refractivity contribution is -0.00874. The zero-order valence-electron chi connectivity index (χ0n) is 16.1. The van der Waals surface area contributed by atoms with Gasteiger partial charge in [0.25, 0.3) is 17.4 Å². The average Bonchev–Trinajstić information content (AvgIpc) is 3.32. The topological polar surface area (TPSA) is 87.1 Å². The molecule has 2 aliphatic heterocycles. The molecule has 0 aromatic carbocycles. The number of carbonyl (C=O) groups is 1. The van der Waals surface area contributed by atoms with Gasteiger partial charge in [-0.05, 0) is 26.2 Å². The van der Waals surface area contributed by atoms with E-state index in [1.54, 1.807) is 16.7 Å². The molecule has 4 heterocycles. The minimum absolute atomic E-state index is 0.0163. The Morgan fingerprint density at radius 2 is 2.10 bits per heavy atom. The van der Waals surface area contributed by atoms with E-state index in [1.807, 2.05) is 0 Å². The number of nitrogens with one attached hydrogen (secondary N) is 1. The number of aromatic amines is 1. The Morgan fingerprint density at radius 1 is 1.31 bits per heavy atom. The Kier molecular flexibility index (Phi) is 4.09. The summed E-state index contributed by atoms with van der Waals surface area (Å²) in [5.41, 5.74) is 2.39. The Balaban J connectivity index is 1.31.